The molecule has 1 aromatic carbocycles. The van der Waals surface area contributed by atoms with Crippen LogP contribution >= 0.6 is 0 Å². The fourth-order valence-electron chi connectivity index (χ4n) is 3.51. The van der Waals surface area contributed by atoms with E-state index in [4.69, 9.17) is 0 Å². The monoisotopic (exact) mass is 330 g/mol. The molecule has 4 rings (SSSR count). The third kappa shape index (κ3) is 3.11. The third-order valence-corrected chi connectivity index (χ3v) is 4.90. The zero-order valence-electron chi connectivity index (χ0n) is 13.5. The number of nitrogens with zero attached hydrogens (tertiary/aromatic N) is 4. The van der Waals surface area contributed by atoms with Gasteiger partial charge in [0.1, 0.15) is 11.6 Å². The van der Waals surface area contributed by atoms with Crippen LogP contribution in [0.4, 0.5) is 14.6 Å². The Bertz CT molecular complexity index is 742. The molecular weight excluding hydrogens is 310 g/mol. The molecule has 126 valence electrons. The molecule has 1 aromatic heterocycles. The van der Waals surface area contributed by atoms with E-state index in [9.17, 15) is 8.78 Å². The van der Waals surface area contributed by atoms with E-state index < -0.39 is 5.82 Å². The summed E-state index contributed by atoms with van der Waals surface area (Å²) in [6, 6.07) is 5.80. The van der Waals surface area contributed by atoms with Crippen LogP contribution in [-0.4, -0.2) is 41.3 Å². The summed E-state index contributed by atoms with van der Waals surface area (Å²) in [5.41, 5.74) is 2.88. The quantitative estimate of drug-likeness (QED) is 0.866. The second-order valence-electron chi connectivity index (χ2n) is 6.53. The summed E-state index contributed by atoms with van der Waals surface area (Å²) in [6.07, 6.45) is 3.30. The average molecular weight is 330 g/mol. The molecule has 1 aliphatic heterocycles. The molecule has 0 saturated carbocycles. The SMILES string of the molecule is Fc1ccc(F)c(CN2CCN(c3cc4c(nn3)CCC4)CC2)c1. The van der Waals surface area contributed by atoms with Crippen molar-refractivity contribution >= 4 is 5.82 Å². The Morgan fingerprint density at radius 1 is 0.958 bits per heavy atom. The summed E-state index contributed by atoms with van der Waals surface area (Å²) in [5, 5.41) is 8.70. The maximum Gasteiger partial charge on any atom is 0.151 e. The maximum absolute atomic E-state index is 13.8. The predicted molar refractivity (Wildman–Crippen MR) is 87.9 cm³/mol. The van der Waals surface area contributed by atoms with Gasteiger partial charge in [0.25, 0.3) is 0 Å². The molecule has 1 fully saturated rings. The standard InChI is InChI=1S/C18H20F2N4/c19-15-4-5-16(20)14(10-15)12-23-6-8-24(9-7-23)18-11-13-2-1-3-17(13)21-22-18/h4-5,10-11H,1-3,6-9,12H2. The number of benzene rings is 1. The van der Waals surface area contributed by atoms with Crippen molar-refractivity contribution in [3.05, 3.63) is 52.7 Å². The molecule has 1 saturated heterocycles. The van der Waals surface area contributed by atoms with Gasteiger partial charge in [-0.15, -0.1) is 5.10 Å². The number of halogens is 2. The van der Waals surface area contributed by atoms with Crippen LogP contribution in [0, 0.1) is 11.6 Å². The van der Waals surface area contributed by atoms with Gasteiger partial charge < -0.3 is 4.90 Å². The molecule has 24 heavy (non-hydrogen) atoms. The Morgan fingerprint density at radius 2 is 1.79 bits per heavy atom. The largest absolute Gasteiger partial charge is 0.353 e. The highest BCUT2D eigenvalue weighted by atomic mass is 19.1. The second-order valence-corrected chi connectivity index (χ2v) is 6.53. The number of rotatable bonds is 3. The molecule has 2 aromatic rings. The highest BCUT2D eigenvalue weighted by molar-refractivity contribution is 5.43. The molecule has 0 amide bonds. The molecule has 0 atom stereocenters. The molecule has 0 spiro atoms. The molecule has 2 heterocycles. The Hall–Kier alpha value is -2.08. The molecule has 6 heteroatoms. The van der Waals surface area contributed by atoms with E-state index >= 15 is 0 Å². The van der Waals surface area contributed by atoms with E-state index in [-0.39, 0.29) is 5.82 Å². The minimum absolute atomic E-state index is 0.344. The van der Waals surface area contributed by atoms with Crippen molar-refractivity contribution < 1.29 is 8.78 Å². The highest BCUT2D eigenvalue weighted by Gasteiger charge is 2.21. The fourth-order valence-corrected chi connectivity index (χ4v) is 3.51. The molecule has 0 N–H and O–H groups in total. The van der Waals surface area contributed by atoms with Crippen LogP contribution in [0.3, 0.4) is 0 Å². The zero-order valence-corrected chi connectivity index (χ0v) is 13.5. The summed E-state index contributed by atoms with van der Waals surface area (Å²) in [5.74, 6) is 0.203. The number of aryl methyl sites for hydroxylation is 2. The van der Waals surface area contributed by atoms with E-state index in [1.54, 1.807) is 0 Å². The lowest BCUT2D eigenvalue weighted by atomic mass is 10.1. The minimum Gasteiger partial charge on any atom is -0.353 e. The number of aromatic nitrogens is 2. The van der Waals surface area contributed by atoms with Crippen molar-refractivity contribution in [1.82, 2.24) is 15.1 Å². The van der Waals surface area contributed by atoms with E-state index in [0.717, 1.165) is 56.6 Å². The first-order chi connectivity index (χ1) is 11.7. The van der Waals surface area contributed by atoms with Gasteiger partial charge in [-0.1, -0.05) is 0 Å². The van der Waals surface area contributed by atoms with Crippen molar-refractivity contribution in [2.45, 2.75) is 25.8 Å². The Kier molecular flexibility index (Phi) is 4.14. The fraction of sp³-hybridized carbons (Fsp3) is 0.444. The molecule has 0 bridgehead atoms. The number of hydrogen-bond acceptors (Lipinski definition) is 4. The summed E-state index contributed by atoms with van der Waals surface area (Å²) in [4.78, 5) is 4.37. The van der Waals surface area contributed by atoms with Crippen LogP contribution < -0.4 is 4.90 Å². The Balaban J connectivity index is 1.39. The van der Waals surface area contributed by atoms with Gasteiger partial charge in [-0.3, -0.25) is 4.90 Å². The predicted octanol–water partition coefficient (Wildman–Crippen LogP) is 2.57. The van der Waals surface area contributed by atoms with Crippen LogP contribution in [0.1, 0.15) is 23.2 Å². The first-order valence-electron chi connectivity index (χ1n) is 8.46. The molecule has 1 aliphatic carbocycles. The van der Waals surface area contributed by atoms with E-state index in [2.05, 4.69) is 26.1 Å². The van der Waals surface area contributed by atoms with Crippen LogP contribution in [0.2, 0.25) is 0 Å². The van der Waals surface area contributed by atoms with Gasteiger partial charge in [-0.05, 0) is 49.1 Å². The van der Waals surface area contributed by atoms with Crippen molar-refractivity contribution in [3.63, 3.8) is 0 Å². The number of piperazine rings is 1. The van der Waals surface area contributed by atoms with Gasteiger partial charge in [-0.2, -0.15) is 5.10 Å². The van der Waals surface area contributed by atoms with Crippen molar-refractivity contribution in [1.29, 1.82) is 0 Å². The number of hydrogen-bond donors (Lipinski definition) is 0. The molecule has 0 radical (unpaired) electrons. The molecule has 0 unspecified atom stereocenters. The zero-order chi connectivity index (χ0) is 16.5. The van der Waals surface area contributed by atoms with Crippen molar-refractivity contribution in [2.75, 3.05) is 31.1 Å². The number of anilines is 1. The summed E-state index contributed by atoms with van der Waals surface area (Å²) in [6.45, 7) is 3.69. The molecule has 2 aliphatic rings. The van der Waals surface area contributed by atoms with Gasteiger partial charge in [0.15, 0.2) is 5.82 Å². The topological polar surface area (TPSA) is 32.3 Å². The molecular formula is C18H20F2N4. The first-order valence-corrected chi connectivity index (χ1v) is 8.46. The smallest absolute Gasteiger partial charge is 0.151 e. The van der Waals surface area contributed by atoms with E-state index in [0.29, 0.717) is 12.1 Å². The van der Waals surface area contributed by atoms with E-state index in [1.165, 1.54) is 24.1 Å². The van der Waals surface area contributed by atoms with Gasteiger partial charge in [-0.25, -0.2) is 8.78 Å². The van der Waals surface area contributed by atoms with Gasteiger partial charge in [0, 0.05) is 38.3 Å². The Morgan fingerprint density at radius 3 is 2.62 bits per heavy atom. The lowest BCUT2D eigenvalue weighted by Gasteiger charge is -2.35. The van der Waals surface area contributed by atoms with Gasteiger partial charge in [0.05, 0.1) is 5.69 Å². The third-order valence-electron chi connectivity index (χ3n) is 4.90. The maximum atomic E-state index is 13.8. The van der Waals surface area contributed by atoms with Crippen LogP contribution in [0.5, 0.6) is 0 Å². The van der Waals surface area contributed by atoms with Crippen LogP contribution in [0.25, 0.3) is 0 Å². The average Bonchev–Trinajstić information content (AvgIpc) is 3.06. The lowest BCUT2D eigenvalue weighted by molar-refractivity contribution is 0.245. The molecule has 4 nitrogen and oxygen atoms in total. The van der Waals surface area contributed by atoms with Gasteiger partial charge in [0.2, 0.25) is 0 Å². The second kappa shape index (κ2) is 6.43. The lowest BCUT2D eigenvalue weighted by Crippen LogP contribution is -2.46. The van der Waals surface area contributed by atoms with Gasteiger partial charge >= 0.3 is 0 Å². The normalized spacial score (nSPS) is 18.0. The van der Waals surface area contributed by atoms with Crippen LogP contribution in [-0.2, 0) is 19.4 Å². The summed E-state index contributed by atoms with van der Waals surface area (Å²) in [7, 11) is 0. The van der Waals surface area contributed by atoms with Crippen molar-refractivity contribution in [3.8, 4) is 0 Å². The van der Waals surface area contributed by atoms with Crippen molar-refractivity contribution in [2.24, 2.45) is 0 Å². The summed E-state index contributed by atoms with van der Waals surface area (Å²) < 4.78 is 27.1. The van der Waals surface area contributed by atoms with E-state index in [1.807, 2.05) is 0 Å². The highest BCUT2D eigenvalue weighted by Crippen LogP contribution is 2.23. The first kappa shape index (κ1) is 15.4. The Labute approximate surface area is 140 Å². The van der Waals surface area contributed by atoms with Crippen LogP contribution in [0.15, 0.2) is 24.3 Å². The minimum atomic E-state index is -0.390. The summed E-state index contributed by atoms with van der Waals surface area (Å²) >= 11 is 0. The number of fused-ring (bicyclic) bond motifs is 1.